The van der Waals surface area contributed by atoms with Crippen LogP contribution in [0.1, 0.15) is 5.56 Å². The van der Waals surface area contributed by atoms with Gasteiger partial charge in [0.05, 0.1) is 14.2 Å². The zero-order valence-electron chi connectivity index (χ0n) is 7.35. The number of rotatable bonds is 2. The first-order valence-corrected chi connectivity index (χ1v) is 4.37. The summed E-state index contributed by atoms with van der Waals surface area (Å²) in [6.07, 6.45) is 0. The fourth-order valence-electron chi connectivity index (χ4n) is 1.04. The van der Waals surface area contributed by atoms with Crippen LogP contribution in [0.25, 0.3) is 0 Å². The highest BCUT2D eigenvalue weighted by Crippen LogP contribution is 2.36. The van der Waals surface area contributed by atoms with Gasteiger partial charge in [-0.1, -0.05) is 6.07 Å². The summed E-state index contributed by atoms with van der Waals surface area (Å²) in [5, 5.41) is 0. The number of aryl methyl sites for hydroxylation is 1. The third-order valence-electron chi connectivity index (χ3n) is 1.68. The second-order valence-electron chi connectivity index (χ2n) is 2.43. The van der Waals surface area contributed by atoms with E-state index in [2.05, 4.69) is 15.9 Å². The largest absolute Gasteiger partial charge is 0.495 e. The smallest absolute Gasteiger partial charge is 0.139 e. The monoisotopic (exact) mass is 230 g/mol. The molecule has 0 bridgehead atoms. The Hall–Kier alpha value is -0.700. The minimum absolute atomic E-state index is 0.789. The van der Waals surface area contributed by atoms with Gasteiger partial charge in [0.25, 0.3) is 0 Å². The van der Waals surface area contributed by atoms with E-state index in [1.807, 2.05) is 19.1 Å². The van der Waals surface area contributed by atoms with Crippen LogP contribution in [0.15, 0.2) is 16.6 Å². The number of halogens is 1. The molecule has 0 aliphatic heterocycles. The van der Waals surface area contributed by atoms with E-state index in [9.17, 15) is 0 Å². The lowest BCUT2D eigenvalue weighted by Crippen LogP contribution is -1.91. The van der Waals surface area contributed by atoms with E-state index in [-0.39, 0.29) is 0 Å². The quantitative estimate of drug-likeness (QED) is 0.779. The van der Waals surface area contributed by atoms with Crippen LogP contribution < -0.4 is 9.47 Å². The molecule has 0 fully saturated rings. The van der Waals surface area contributed by atoms with Crippen molar-refractivity contribution < 1.29 is 9.47 Å². The van der Waals surface area contributed by atoms with Crippen LogP contribution in [0.5, 0.6) is 11.5 Å². The van der Waals surface area contributed by atoms with Crippen molar-refractivity contribution in [2.45, 2.75) is 6.92 Å². The van der Waals surface area contributed by atoms with Crippen molar-refractivity contribution in [3.8, 4) is 11.5 Å². The summed E-state index contributed by atoms with van der Waals surface area (Å²) in [6, 6.07) is 3.87. The molecule has 1 aromatic rings. The Bertz CT molecular complexity index is 284. The van der Waals surface area contributed by atoms with Gasteiger partial charge in [0.1, 0.15) is 16.0 Å². The lowest BCUT2D eigenvalue weighted by atomic mass is 10.2. The maximum absolute atomic E-state index is 5.19. The van der Waals surface area contributed by atoms with E-state index in [1.54, 1.807) is 14.2 Å². The molecule has 0 heterocycles. The van der Waals surface area contributed by atoms with Crippen molar-refractivity contribution in [3.05, 3.63) is 22.2 Å². The van der Waals surface area contributed by atoms with Crippen LogP contribution in [0.2, 0.25) is 0 Å². The Labute approximate surface area is 80.6 Å². The predicted molar refractivity (Wildman–Crippen MR) is 52.0 cm³/mol. The highest BCUT2D eigenvalue weighted by molar-refractivity contribution is 9.10. The van der Waals surface area contributed by atoms with E-state index >= 15 is 0 Å². The second-order valence-corrected chi connectivity index (χ2v) is 3.22. The summed E-state index contributed by atoms with van der Waals surface area (Å²) >= 11 is 3.40. The second kappa shape index (κ2) is 3.81. The third-order valence-corrected chi connectivity index (χ3v) is 2.43. The van der Waals surface area contributed by atoms with Gasteiger partial charge >= 0.3 is 0 Å². The zero-order chi connectivity index (χ0) is 9.14. The fourth-order valence-corrected chi connectivity index (χ4v) is 1.81. The standard InChI is InChI=1S/C9H11BrO2/c1-6-4-5-7(11-2)8(10)9(6)12-3/h4-5H,1-3H3. The lowest BCUT2D eigenvalue weighted by molar-refractivity contribution is 0.387. The number of hydrogen-bond acceptors (Lipinski definition) is 2. The van der Waals surface area contributed by atoms with Crippen molar-refractivity contribution in [1.82, 2.24) is 0 Å². The first-order valence-electron chi connectivity index (χ1n) is 3.57. The average molecular weight is 231 g/mol. The molecule has 0 amide bonds. The number of methoxy groups -OCH3 is 2. The summed E-state index contributed by atoms with van der Waals surface area (Å²) < 4.78 is 11.2. The molecule has 0 aromatic heterocycles. The Balaban J connectivity index is 3.24. The van der Waals surface area contributed by atoms with Crippen molar-refractivity contribution in [2.75, 3.05) is 14.2 Å². The molecule has 1 rings (SSSR count). The van der Waals surface area contributed by atoms with Crippen LogP contribution in [0.4, 0.5) is 0 Å². The van der Waals surface area contributed by atoms with Crippen LogP contribution in [0.3, 0.4) is 0 Å². The van der Waals surface area contributed by atoms with Gasteiger partial charge in [0, 0.05) is 0 Å². The first-order chi connectivity index (χ1) is 5.70. The van der Waals surface area contributed by atoms with E-state index < -0.39 is 0 Å². The molecule has 0 atom stereocenters. The SMILES string of the molecule is COc1ccc(C)c(OC)c1Br. The Morgan fingerprint density at radius 2 is 1.83 bits per heavy atom. The van der Waals surface area contributed by atoms with Gasteiger partial charge in [-0.2, -0.15) is 0 Å². The van der Waals surface area contributed by atoms with Crippen LogP contribution in [-0.4, -0.2) is 14.2 Å². The fraction of sp³-hybridized carbons (Fsp3) is 0.333. The van der Waals surface area contributed by atoms with E-state index in [4.69, 9.17) is 9.47 Å². The Kier molecular flexibility index (Phi) is 2.98. The van der Waals surface area contributed by atoms with Gasteiger partial charge in [-0.25, -0.2) is 0 Å². The number of ether oxygens (including phenoxy) is 2. The highest BCUT2D eigenvalue weighted by Gasteiger charge is 2.08. The topological polar surface area (TPSA) is 18.5 Å². The van der Waals surface area contributed by atoms with Crippen molar-refractivity contribution in [3.63, 3.8) is 0 Å². The zero-order valence-corrected chi connectivity index (χ0v) is 8.94. The van der Waals surface area contributed by atoms with Crippen LogP contribution in [-0.2, 0) is 0 Å². The summed E-state index contributed by atoms with van der Waals surface area (Å²) in [5.74, 6) is 1.62. The van der Waals surface area contributed by atoms with Crippen molar-refractivity contribution >= 4 is 15.9 Å². The summed E-state index contributed by atoms with van der Waals surface area (Å²) in [4.78, 5) is 0. The molecule has 0 N–H and O–H groups in total. The van der Waals surface area contributed by atoms with Gasteiger partial charge in [-0.05, 0) is 34.5 Å². The maximum Gasteiger partial charge on any atom is 0.139 e. The molecule has 0 saturated heterocycles. The molecule has 66 valence electrons. The molecule has 0 unspecified atom stereocenters. The molecule has 0 aliphatic carbocycles. The highest BCUT2D eigenvalue weighted by atomic mass is 79.9. The molecule has 0 radical (unpaired) electrons. The van der Waals surface area contributed by atoms with Crippen LogP contribution in [0, 0.1) is 6.92 Å². The van der Waals surface area contributed by atoms with Gasteiger partial charge in [0.15, 0.2) is 0 Å². The van der Waals surface area contributed by atoms with Gasteiger partial charge in [0.2, 0.25) is 0 Å². The lowest BCUT2D eigenvalue weighted by Gasteiger charge is -2.10. The van der Waals surface area contributed by atoms with Crippen LogP contribution >= 0.6 is 15.9 Å². The molecule has 0 spiro atoms. The normalized spacial score (nSPS) is 9.67. The Morgan fingerprint density at radius 3 is 2.33 bits per heavy atom. The molecule has 12 heavy (non-hydrogen) atoms. The van der Waals surface area contributed by atoms with E-state index in [1.165, 1.54) is 0 Å². The average Bonchev–Trinajstić information content (AvgIpc) is 2.06. The Morgan fingerprint density at radius 1 is 1.17 bits per heavy atom. The third kappa shape index (κ3) is 1.55. The summed E-state index contributed by atoms with van der Waals surface area (Å²) in [5.41, 5.74) is 1.09. The molecular weight excluding hydrogens is 220 g/mol. The minimum atomic E-state index is 0.789. The molecule has 0 saturated carbocycles. The maximum atomic E-state index is 5.19. The van der Waals surface area contributed by atoms with Gasteiger partial charge < -0.3 is 9.47 Å². The minimum Gasteiger partial charge on any atom is -0.495 e. The van der Waals surface area contributed by atoms with Gasteiger partial charge in [-0.15, -0.1) is 0 Å². The predicted octanol–water partition coefficient (Wildman–Crippen LogP) is 2.77. The molecule has 3 heteroatoms. The van der Waals surface area contributed by atoms with Crippen molar-refractivity contribution in [1.29, 1.82) is 0 Å². The summed E-state index contributed by atoms with van der Waals surface area (Å²) in [6.45, 7) is 1.99. The first kappa shape index (κ1) is 9.39. The van der Waals surface area contributed by atoms with Crippen molar-refractivity contribution in [2.24, 2.45) is 0 Å². The number of benzene rings is 1. The molecular formula is C9H11BrO2. The van der Waals surface area contributed by atoms with Gasteiger partial charge in [-0.3, -0.25) is 0 Å². The van der Waals surface area contributed by atoms with E-state index in [0.29, 0.717) is 0 Å². The molecule has 2 nitrogen and oxygen atoms in total. The molecule has 1 aromatic carbocycles. The number of hydrogen-bond donors (Lipinski definition) is 0. The molecule has 0 aliphatic rings. The summed E-state index contributed by atoms with van der Waals surface area (Å²) in [7, 11) is 3.28. The van der Waals surface area contributed by atoms with E-state index in [0.717, 1.165) is 21.5 Å².